The highest BCUT2D eigenvalue weighted by Crippen LogP contribution is 2.40. The van der Waals surface area contributed by atoms with Crippen LogP contribution in [0.1, 0.15) is 57.1 Å². The highest BCUT2D eigenvalue weighted by atomic mass is 16.5. The fraction of sp³-hybridized carbons (Fsp3) is 0.517. The summed E-state index contributed by atoms with van der Waals surface area (Å²) >= 11 is 0. The summed E-state index contributed by atoms with van der Waals surface area (Å²) in [6.45, 7) is 5.79. The molecule has 1 N–H and O–H groups in total. The van der Waals surface area contributed by atoms with E-state index in [-0.39, 0.29) is 6.61 Å². The van der Waals surface area contributed by atoms with Crippen molar-refractivity contribution in [1.82, 2.24) is 4.90 Å². The largest absolute Gasteiger partial charge is 0.493 e. The Kier molecular flexibility index (Phi) is 10.2. The number of carboxylic acid groups (broad SMARTS) is 1. The van der Waals surface area contributed by atoms with Crippen LogP contribution in [-0.4, -0.2) is 53.8 Å². The molecule has 190 valence electrons. The second-order valence-corrected chi connectivity index (χ2v) is 9.16. The summed E-state index contributed by atoms with van der Waals surface area (Å²) in [5, 5.41) is 9.89. The van der Waals surface area contributed by atoms with E-state index in [1.54, 1.807) is 0 Å². The lowest BCUT2D eigenvalue weighted by molar-refractivity contribution is -0.174. The zero-order valence-corrected chi connectivity index (χ0v) is 21.1. The van der Waals surface area contributed by atoms with Crippen LogP contribution in [0.15, 0.2) is 54.6 Å². The van der Waals surface area contributed by atoms with Crippen molar-refractivity contribution >= 4 is 11.9 Å². The summed E-state index contributed by atoms with van der Waals surface area (Å²) in [4.78, 5) is 27.4. The molecule has 6 nitrogen and oxygen atoms in total. The average Bonchev–Trinajstić information content (AvgIpc) is 2.89. The van der Waals surface area contributed by atoms with Crippen LogP contribution in [0.4, 0.5) is 0 Å². The van der Waals surface area contributed by atoms with Gasteiger partial charge in [-0.3, -0.25) is 14.5 Å². The molecule has 0 spiro atoms. The van der Waals surface area contributed by atoms with Crippen molar-refractivity contribution in [1.29, 1.82) is 0 Å². The van der Waals surface area contributed by atoms with Crippen LogP contribution in [0.3, 0.4) is 0 Å². The van der Waals surface area contributed by atoms with Gasteiger partial charge in [0.05, 0.1) is 19.1 Å². The van der Waals surface area contributed by atoms with Gasteiger partial charge in [0.25, 0.3) is 0 Å². The molecule has 2 unspecified atom stereocenters. The molecule has 35 heavy (non-hydrogen) atoms. The predicted molar refractivity (Wildman–Crippen MR) is 137 cm³/mol. The molecule has 3 rings (SSSR count). The molecule has 1 saturated carbocycles. The molecule has 0 aromatic heterocycles. The highest BCUT2D eigenvalue weighted by molar-refractivity contribution is 5.88. The van der Waals surface area contributed by atoms with Crippen LogP contribution >= 0.6 is 0 Å². The van der Waals surface area contributed by atoms with Crippen molar-refractivity contribution < 1.29 is 24.2 Å². The number of aliphatic carboxylic acids is 1. The monoisotopic (exact) mass is 481 g/mol. The molecule has 0 radical (unpaired) electrons. The van der Waals surface area contributed by atoms with Crippen LogP contribution in [0.5, 0.6) is 5.75 Å². The number of carbonyl (C=O) groups is 2. The van der Waals surface area contributed by atoms with Gasteiger partial charge in [-0.2, -0.15) is 0 Å². The lowest BCUT2D eigenvalue weighted by Crippen LogP contribution is -2.63. The Morgan fingerprint density at radius 1 is 0.971 bits per heavy atom. The molecule has 0 amide bonds. The molecule has 1 aliphatic carbocycles. The number of para-hydroxylation sites is 1. The average molecular weight is 482 g/mol. The number of aryl methyl sites for hydroxylation is 2. The molecular weight excluding hydrogens is 442 g/mol. The van der Waals surface area contributed by atoms with Crippen LogP contribution in [0, 0.1) is 5.92 Å². The third kappa shape index (κ3) is 6.63. The summed E-state index contributed by atoms with van der Waals surface area (Å²) in [6.07, 6.45) is 5.06. The molecule has 2 aromatic carbocycles. The van der Waals surface area contributed by atoms with E-state index < -0.39 is 23.4 Å². The molecule has 2 aromatic rings. The number of likely N-dealkylation sites (N-methyl/N-ethyl adjacent to an activating group) is 1. The Morgan fingerprint density at radius 2 is 1.69 bits per heavy atom. The van der Waals surface area contributed by atoms with Crippen molar-refractivity contribution in [2.75, 3.05) is 26.3 Å². The number of nitrogens with zero attached hydrogens (tertiary/aromatic N) is 1. The van der Waals surface area contributed by atoms with Gasteiger partial charge in [0, 0.05) is 6.42 Å². The number of hydrogen-bond acceptors (Lipinski definition) is 5. The van der Waals surface area contributed by atoms with Gasteiger partial charge in [0.2, 0.25) is 0 Å². The maximum Gasteiger partial charge on any atom is 0.327 e. The summed E-state index contributed by atoms with van der Waals surface area (Å²) < 4.78 is 11.7. The minimum Gasteiger partial charge on any atom is -0.493 e. The molecule has 0 heterocycles. The van der Waals surface area contributed by atoms with Gasteiger partial charge in [0.15, 0.2) is 0 Å². The fourth-order valence-electron chi connectivity index (χ4n) is 5.33. The van der Waals surface area contributed by atoms with Gasteiger partial charge >= 0.3 is 11.9 Å². The molecule has 6 heteroatoms. The Hall–Kier alpha value is -2.86. The highest BCUT2D eigenvalue weighted by Gasteiger charge is 2.54. The van der Waals surface area contributed by atoms with Gasteiger partial charge in [-0.25, -0.2) is 0 Å². The molecule has 0 saturated heterocycles. The van der Waals surface area contributed by atoms with Gasteiger partial charge < -0.3 is 14.6 Å². The Labute approximate surface area is 209 Å². The SMILES string of the molecule is CCN(CC)C1(C(=O)OCCCOc2ccccc2CCc2ccccc2)CCCCC1C(=O)O. The summed E-state index contributed by atoms with van der Waals surface area (Å²) in [5.41, 5.74) is 1.36. The van der Waals surface area contributed by atoms with E-state index in [0.717, 1.165) is 37.0 Å². The zero-order valence-electron chi connectivity index (χ0n) is 21.1. The van der Waals surface area contributed by atoms with Gasteiger partial charge in [-0.05, 0) is 56.0 Å². The third-order valence-corrected chi connectivity index (χ3v) is 7.13. The third-order valence-electron chi connectivity index (χ3n) is 7.13. The number of benzene rings is 2. The second kappa shape index (κ2) is 13.3. The first-order valence-corrected chi connectivity index (χ1v) is 12.9. The van der Waals surface area contributed by atoms with Gasteiger partial charge in [0.1, 0.15) is 11.3 Å². The van der Waals surface area contributed by atoms with Gasteiger partial charge in [-0.15, -0.1) is 0 Å². The van der Waals surface area contributed by atoms with Crippen molar-refractivity contribution in [3.05, 3.63) is 65.7 Å². The predicted octanol–water partition coefficient (Wildman–Crippen LogP) is 5.14. The fourth-order valence-corrected chi connectivity index (χ4v) is 5.33. The van der Waals surface area contributed by atoms with Crippen LogP contribution in [-0.2, 0) is 27.2 Å². The normalized spacial score (nSPS) is 19.9. The van der Waals surface area contributed by atoms with E-state index in [1.165, 1.54) is 5.56 Å². The van der Waals surface area contributed by atoms with Crippen molar-refractivity contribution in [3.63, 3.8) is 0 Å². The number of hydrogen-bond donors (Lipinski definition) is 1. The molecule has 2 atom stereocenters. The van der Waals surface area contributed by atoms with Crippen molar-refractivity contribution in [2.45, 2.75) is 64.3 Å². The first-order valence-electron chi connectivity index (χ1n) is 12.9. The van der Waals surface area contributed by atoms with E-state index in [9.17, 15) is 14.7 Å². The summed E-state index contributed by atoms with van der Waals surface area (Å²) in [6, 6.07) is 18.4. The van der Waals surface area contributed by atoms with Crippen molar-refractivity contribution in [2.24, 2.45) is 5.92 Å². The number of esters is 1. The molecule has 1 aliphatic rings. The van der Waals surface area contributed by atoms with Crippen LogP contribution in [0.25, 0.3) is 0 Å². The second-order valence-electron chi connectivity index (χ2n) is 9.16. The number of rotatable bonds is 13. The van der Waals surface area contributed by atoms with Crippen LogP contribution < -0.4 is 4.74 Å². The number of carboxylic acids is 1. The lowest BCUT2D eigenvalue weighted by Gasteiger charge is -2.47. The minimum absolute atomic E-state index is 0.209. The minimum atomic E-state index is -1.08. The van der Waals surface area contributed by atoms with E-state index >= 15 is 0 Å². The Morgan fingerprint density at radius 3 is 2.40 bits per heavy atom. The van der Waals surface area contributed by atoms with Crippen LogP contribution in [0.2, 0.25) is 0 Å². The van der Waals surface area contributed by atoms with E-state index in [0.29, 0.717) is 39.0 Å². The first kappa shape index (κ1) is 26.7. The maximum absolute atomic E-state index is 13.3. The summed E-state index contributed by atoms with van der Waals surface area (Å²) in [5.74, 6) is -1.20. The van der Waals surface area contributed by atoms with E-state index in [2.05, 4.69) is 30.3 Å². The molecule has 1 fully saturated rings. The Bertz CT molecular complexity index is 943. The molecule has 0 aliphatic heterocycles. The smallest absolute Gasteiger partial charge is 0.327 e. The van der Waals surface area contributed by atoms with Gasteiger partial charge in [-0.1, -0.05) is 75.2 Å². The Balaban J connectivity index is 1.54. The number of carbonyl (C=O) groups excluding carboxylic acids is 1. The topological polar surface area (TPSA) is 76.1 Å². The van der Waals surface area contributed by atoms with E-state index in [1.807, 2.05) is 43.0 Å². The molecule has 0 bridgehead atoms. The lowest BCUT2D eigenvalue weighted by atomic mass is 9.71. The number of ether oxygens (including phenoxy) is 2. The first-order chi connectivity index (χ1) is 17.0. The standard InChI is InChI=1S/C29H39NO5/c1-3-30(4-2)29(20-11-10-16-25(29)27(31)32)28(33)35-22-12-21-34-26-17-9-8-15-24(26)19-18-23-13-6-5-7-14-23/h5-9,13-15,17,25H,3-4,10-12,16,18-22H2,1-2H3,(H,31,32). The zero-order chi connectivity index (χ0) is 25.1. The molecular formula is C29H39NO5. The quantitative estimate of drug-likeness (QED) is 0.315. The van der Waals surface area contributed by atoms with Crippen molar-refractivity contribution in [3.8, 4) is 5.75 Å². The maximum atomic E-state index is 13.3. The van der Waals surface area contributed by atoms with E-state index in [4.69, 9.17) is 9.47 Å². The summed E-state index contributed by atoms with van der Waals surface area (Å²) in [7, 11) is 0.